The molecule has 0 bridgehead atoms. The summed E-state index contributed by atoms with van der Waals surface area (Å²) in [6, 6.07) is 3.90. The highest BCUT2D eigenvalue weighted by Gasteiger charge is 2.36. The van der Waals surface area contributed by atoms with Crippen LogP contribution < -0.4 is 5.32 Å². The summed E-state index contributed by atoms with van der Waals surface area (Å²) in [4.78, 5) is 11.3. The fraction of sp³-hybridized carbons (Fsp3) is 0.357. The molecule has 0 spiro atoms. The molecule has 1 fully saturated rings. The summed E-state index contributed by atoms with van der Waals surface area (Å²) in [6.07, 6.45) is 6.01. The Morgan fingerprint density at radius 2 is 2.41 bits per heavy atom. The lowest BCUT2D eigenvalue weighted by molar-refractivity contribution is -0.116. The van der Waals surface area contributed by atoms with E-state index in [2.05, 4.69) is 18.8 Å². The van der Waals surface area contributed by atoms with E-state index in [-0.39, 0.29) is 5.91 Å². The van der Waals surface area contributed by atoms with Gasteiger partial charge in [-0.2, -0.15) is 0 Å². The third-order valence-electron chi connectivity index (χ3n) is 2.94. The molecule has 1 aliphatic rings. The van der Waals surface area contributed by atoms with Gasteiger partial charge in [0.1, 0.15) is 11.5 Å². The number of rotatable bonds is 5. The summed E-state index contributed by atoms with van der Waals surface area (Å²) in [5.41, 5.74) is 0. The second kappa shape index (κ2) is 5.04. The topological polar surface area (TPSA) is 42.2 Å². The molecule has 1 aliphatic carbocycles. The fourth-order valence-corrected chi connectivity index (χ4v) is 1.77. The van der Waals surface area contributed by atoms with Gasteiger partial charge in [-0.1, -0.05) is 13.0 Å². The SMILES string of the molecule is C=CCNC(=O)/C=C/c1ccc(C2CC2C)o1. The Kier molecular flexibility index (Phi) is 3.47. The predicted octanol–water partition coefficient (Wildman–Crippen LogP) is 2.72. The molecule has 90 valence electrons. The van der Waals surface area contributed by atoms with Gasteiger partial charge in [-0.15, -0.1) is 6.58 Å². The lowest BCUT2D eigenvalue weighted by Gasteiger charge is -1.94. The molecular formula is C14H17NO2. The lowest BCUT2D eigenvalue weighted by atomic mass is 10.3. The van der Waals surface area contributed by atoms with Crippen LogP contribution in [0.3, 0.4) is 0 Å². The van der Waals surface area contributed by atoms with Gasteiger partial charge in [-0.3, -0.25) is 4.79 Å². The molecule has 0 aromatic carbocycles. The largest absolute Gasteiger partial charge is 0.461 e. The molecule has 1 N–H and O–H groups in total. The summed E-state index contributed by atoms with van der Waals surface area (Å²) in [6.45, 7) is 6.22. The summed E-state index contributed by atoms with van der Waals surface area (Å²) in [7, 11) is 0. The van der Waals surface area contributed by atoms with E-state index in [1.54, 1.807) is 12.2 Å². The van der Waals surface area contributed by atoms with Crippen LogP contribution in [-0.2, 0) is 4.79 Å². The number of hydrogen-bond donors (Lipinski definition) is 1. The van der Waals surface area contributed by atoms with E-state index < -0.39 is 0 Å². The van der Waals surface area contributed by atoms with Crippen molar-refractivity contribution >= 4 is 12.0 Å². The average Bonchev–Trinajstić information content (AvgIpc) is 2.88. The third-order valence-corrected chi connectivity index (χ3v) is 2.94. The van der Waals surface area contributed by atoms with Crippen molar-refractivity contribution in [2.75, 3.05) is 6.54 Å². The Morgan fingerprint density at radius 1 is 1.65 bits per heavy atom. The maximum absolute atomic E-state index is 11.3. The maximum atomic E-state index is 11.3. The van der Waals surface area contributed by atoms with E-state index >= 15 is 0 Å². The highest BCUT2D eigenvalue weighted by Crippen LogP contribution is 2.47. The van der Waals surface area contributed by atoms with Crippen molar-refractivity contribution < 1.29 is 9.21 Å². The molecule has 2 atom stereocenters. The number of furan rings is 1. The number of carbonyl (C=O) groups is 1. The Morgan fingerprint density at radius 3 is 3.06 bits per heavy atom. The van der Waals surface area contributed by atoms with E-state index in [1.165, 1.54) is 12.5 Å². The van der Waals surface area contributed by atoms with Gasteiger partial charge in [-0.25, -0.2) is 0 Å². The van der Waals surface area contributed by atoms with Crippen LogP contribution >= 0.6 is 0 Å². The summed E-state index contributed by atoms with van der Waals surface area (Å²) >= 11 is 0. The van der Waals surface area contributed by atoms with Crippen LogP contribution in [0.5, 0.6) is 0 Å². The van der Waals surface area contributed by atoms with E-state index in [9.17, 15) is 4.79 Å². The van der Waals surface area contributed by atoms with Crippen LogP contribution in [0.2, 0.25) is 0 Å². The normalized spacial score (nSPS) is 22.6. The van der Waals surface area contributed by atoms with Crippen molar-refractivity contribution in [3.8, 4) is 0 Å². The number of amides is 1. The molecule has 1 saturated carbocycles. The average molecular weight is 231 g/mol. The molecular weight excluding hydrogens is 214 g/mol. The van der Waals surface area contributed by atoms with Crippen molar-refractivity contribution in [3.05, 3.63) is 42.4 Å². The number of hydrogen-bond acceptors (Lipinski definition) is 2. The van der Waals surface area contributed by atoms with Crippen molar-refractivity contribution in [1.82, 2.24) is 5.32 Å². The molecule has 0 aliphatic heterocycles. The quantitative estimate of drug-likeness (QED) is 0.625. The zero-order valence-corrected chi connectivity index (χ0v) is 9.98. The molecule has 2 rings (SSSR count). The molecule has 17 heavy (non-hydrogen) atoms. The zero-order chi connectivity index (χ0) is 12.3. The Hall–Kier alpha value is -1.77. The maximum Gasteiger partial charge on any atom is 0.244 e. The van der Waals surface area contributed by atoms with Gasteiger partial charge in [-0.05, 0) is 30.5 Å². The highest BCUT2D eigenvalue weighted by molar-refractivity contribution is 5.91. The molecule has 0 saturated heterocycles. The molecule has 3 heteroatoms. The minimum absolute atomic E-state index is 0.136. The summed E-state index contributed by atoms with van der Waals surface area (Å²) in [5.74, 6) is 2.93. The second-order valence-corrected chi connectivity index (χ2v) is 4.43. The van der Waals surface area contributed by atoms with E-state index in [0.29, 0.717) is 12.5 Å². The van der Waals surface area contributed by atoms with E-state index in [1.807, 2.05) is 12.1 Å². The van der Waals surface area contributed by atoms with Gasteiger partial charge < -0.3 is 9.73 Å². The molecule has 1 amide bonds. The molecule has 1 heterocycles. The van der Waals surface area contributed by atoms with Gasteiger partial charge in [0, 0.05) is 18.5 Å². The van der Waals surface area contributed by atoms with E-state index in [0.717, 1.165) is 17.4 Å². The van der Waals surface area contributed by atoms with Crippen molar-refractivity contribution in [2.24, 2.45) is 5.92 Å². The lowest BCUT2D eigenvalue weighted by Crippen LogP contribution is -2.20. The second-order valence-electron chi connectivity index (χ2n) is 4.43. The Labute approximate surface area is 101 Å². The van der Waals surface area contributed by atoms with Gasteiger partial charge >= 0.3 is 0 Å². The van der Waals surface area contributed by atoms with Crippen LogP contribution in [-0.4, -0.2) is 12.5 Å². The van der Waals surface area contributed by atoms with Crippen LogP contribution in [0.4, 0.5) is 0 Å². The predicted molar refractivity (Wildman–Crippen MR) is 67.5 cm³/mol. The van der Waals surface area contributed by atoms with Crippen molar-refractivity contribution in [3.63, 3.8) is 0 Å². The van der Waals surface area contributed by atoms with Crippen molar-refractivity contribution in [1.29, 1.82) is 0 Å². The van der Waals surface area contributed by atoms with Gasteiger partial charge in [0.2, 0.25) is 5.91 Å². The van der Waals surface area contributed by atoms with Gasteiger partial charge in [0.15, 0.2) is 0 Å². The zero-order valence-electron chi connectivity index (χ0n) is 9.98. The standard InChI is InChI=1S/C14H17NO2/c1-3-8-15-14(16)7-5-11-4-6-13(17-11)12-9-10(12)2/h3-7,10,12H,1,8-9H2,2H3,(H,15,16)/b7-5+. The molecule has 0 radical (unpaired) electrons. The van der Waals surface area contributed by atoms with Gasteiger partial charge in [0.25, 0.3) is 0 Å². The van der Waals surface area contributed by atoms with E-state index in [4.69, 9.17) is 4.42 Å². The monoisotopic (exact) mass is 231 g/mol. The van der Waals surface area contributed by atoms with Gasteiger partial charge in [0.05, 0.1) is 0 Å². The van der Waals surface area contributed by atoms with Crippen LogP contribution in [0, 0.1) is 5.92 Å². The third kappa shape index (κ3) is 3.09. The smallest absolute Gasteiger partial charge is 0.244 e. The highest BCUT2D eigenvalue weighted by atomic mass is 16.3. The Balaban J connectivity index is 1.90. The van der Waals surface area contributed by atoms with Crippen LogP contribution in [0.15, 0.2) is 35.3 Å². The Bertz CT molecular complexity index is 445. The first kappa shape index (κ1) is 11.7. The molecule has 2 unspecified atom stereocenters. The fourth-order valence-electron chi connectivity index (χ4n) is 1.77. The molecule has 1 aromatic rings. The summed E-state index contributed by atoms with van der Waals surface area (Å²) in [5, 5.41) is 2.67. The number of carbonyl (C=O) groups excluding carboxylic acids is 1. The van der Waals surface area contributed by atoms with Crippen LogP contribution in [0.25, 0.3) is 6.08 Å². The first-order valence-electron chi connectivity index (χ1n) is 5.87. The first-order chi connectivity index (χ1) is 8.20. The molecule has 1 aromatic heterocycles. The molecule has 3 nitrogen and oxygen atoms in total. The van der Waals surface area contributed by atoms with Crippen LogP contribution in [0.1, 0.15) is 30.8 Å². The first-order valence-corrected chi connectivity index (χ1v) is 5.87. The minimum Gasteiger partial charge on any atom is -0.461 e. The minimum atomic E-state index is -0.136. The number of nitrogens with one attached hydrogen (secondary N) is 1. The summed E-state index contributed by atoms with van der Waals surface area (Å²) < 4.78 is 5.65. The van der Waals surface area contributed by atoms with Crippen molar-refractivity contribution in [2.45, 2.75) is 19.3 Å².